The number of hydrogen-bond acceptors (Lipinski definition) is 8. The molecule has 0 unspecified atom stereocenters. The Morgan fingerprint density at radius 1 is 1.10 bits per heavy atom. The third kappa shape index (κ3) is 2.86. The second-order valence-corrected chi connectivity index (χ2v) is 4.76. The molecule has 7 nitrogen and oxygen atoms in total. The van der Waals surface area contributed by atoms with Crippen molar-refractivity contribution in [2.45, 2.75) is 17.5 Å². The number of rotatable bonds is 5. The summed E-state index contributed by atoms with van der Waals surface area (Å²) in [6.45, 7) is 0.228. The molecule has 0 aliphatic heterocycles. The molecule has 102 valence electrons. The number of thioether (sulfide) groups is 1. The molecule has 0 bridgehead atoms. The van der Waals surface area contributed by atoms with Crippen molar-refractivity contribution in [2.75, 3.05) is 0 Å². The Bertz CT molecular complexity index is 682. The number of nitrogens with zero attached hydrogens (tertiary/aromatic N) is 4. The van der Waals surface area contributed by atoms with Crippen molar-refractivity contribution >= 4 is 11.8 Å². The lowest BCUT2D eigenvalue weighted by molar-refractivity contribution is 0.389. The molecule has 0 amide bonds. The minimum absolute atomic E-state index is 0.228. The van der Waals surface area contributed by atoms with Gasteiger partial charge in [-0.1, -0.05) is 47.3 Å². The third-order valence-corrected chi connectivity index (χ3v) is 3.25. The molecule has 8 heteroatoms. The predicted molar refractivity (Wildman–Crippen MR) is 71.5 cm³/mol. The molecule has 0 spiro atoms. The first-order valence-electron chi connectivity index (χ1n) is 5.88. The van der Waals surface area contributed by atoms with E-state index in [-0.39, 0.29) is 6.54 Å². The van der Waals surface area contributed by atoms with Crippen LogP contribution < -0.4 is 5.73 Å². The average molecular weight is 289 g/mol. The second kappa shape index (κ2) is 5.85. The smallest absolute Gasteiger partial charge is 0.277 e. The molecule has 2 heterocycles. The van der Waals surface area contributed by atoms with Crippen LogP contribution in [0.5, 0.6) is 0 Å². The normalized spacial score (nSPS) is 10.8. The summed E-state index contributed by atoms with van der Waals surface area (Å²) in [5.41, 5.74) is 6.30. The van der Waals surface area contributed by atoms with E-state index in [1.54, 1.807) is 0 Å². The largest absolute Gasteiger partial charge is 0.415 e. The maximum atomic E-state index is 5.39. The van der Waals surface area contributed by atoms with E-state index in [0.29, 0.717) is 28.6 Å². The fourth-order valence-electron chi connectivity index (χ4n) is 1.52. The number of hydrogen-bond donors (Lipinski definition) is 1. The van der Waals surface area contributed by atoms with E-state index in [4.69, 9.17) is 14.7 Å². The Morgan fingerprint density at radius 3 is 2.70 bits per heavy atom. The van der Waals surface area contributed by atoms with Crippen LogP contribution in [-0.2, 0) is 12.3 Å². The molecule has 3 rings (SSSR count). The minimum atomic E-state index is 0.228. The Kier molecular flexibility index (Phi) is 3.75. The van der Waals surface area contributed by atoms with Gasteiger partial charge in [0.1, 0.15) is 0 Å². The molecule has 0 aliphatic carbocycles. The van der Waals surface area contributed by atoms with Crippen LogP contribution in [-0.4, -0.2) is 20.3 Å². The van der Waals surface area contributed by atoms with Crippen molar-refractivity contribution in [3.8, 4) is 11.4 Å². The highest BCUT2D eigenvalue weighted by Gasteiger charge is 2.11. The standard InChI is InChI=1S/C12H11N5O2S/c13-6-9-15-16-12(18-9)20-7-10-14-11(17-19-10)8-4-2-1-3-5-8/h1-5H,6-7,13H2. The number of nitrogens with two attached hydrogens (primary N) is 1. The van der Waals surface area contributed by atoms with Crippen molar-refractivity contribution in [3.63, 3.8) is 0 Å². The first kappa shape index (κ1) is 12.8. The zero-order chi connectivity index (χ0) is 13.8. The first-order chi connectivity index (χ1) is 9.85. The molecule has 0 saturated carbocycles. The van der Waals surface area contributed by atoms with Crippen LogP contribution in [0, 0.1) is 0 Å². The summed E-state index contributed by atoms with van der Waals surface area (Å²) in [5.74, 6) is 1.94. The molecule has 2 aromatic heterocycles. The van der Waals surface area contributed by atoms with Gasteiger partial charge in [0.15, 0.2) is 0 Å². The van der Waals surface area contributed by atoms with Gasteiger partial charge < -0.3 is 14.7 Å². The quantitative estimate of drug-likeness (QED) is 0.710. The van der Waals surface area contributed by atoms with Gasteiger partial charge in [-0.2, -0.15) is 4.98 Å². The topological polar surface area (TPSA) is 104 Å². The van der Waals surface area contributed by atoms with Crippen molar-refractivity contribution < 1.29 is 8.94 Å². The SMILES string of the molecule is NCc1nnc(SCc2nc(-c3ccccc3)no2)o1. The molecule has 0 aliphatic rings. The maximum Gasteiger partial charge on any atom is 0.277 e. The highest BCUT2D eigenvalue weighted by atomic mass is 32.2. The summed E-state index contributed by atoms with van der Waals surface area (Å²) in [7, 11) is 0. The van der Waals surface area contributed by atoms with Gasteiger partial charge >= 0.3 is 0 Å². The molecular weight excluding hydrogens is 278 g/mol. The Hall–Kier alpha value is -2.19. The fourth-order valence-corrected chi connectivity index (χ4v) is 2.14. The van der Waals surface area contributed by atoms with Gasteiger partial charge in [0.05, 0.1) is 12.3 Å². The summed E-state index contributed by atoms with van der Waals surface area (Å²) in [6.07, 6.45) is 0. The van der Waals surface area contributed by atoms with E-state index in [1.165, 1.54) is 11.8 Å². The second-order valence-electron chi connectivity index (χ2n) is 3.83. The number of aromatic nitrogens is 4. The van der Waals surface area contributed by atoms with Crippen LogP contribution in [0.4, 0.5) is 0 Å². The maximum absolute atomic E-state index is 5.39. The van der Waals surface area contributed by atoms with E-state index < -0.39 is 0 Å². The van der Waals surface area contributed by atoms with E-state index in [1.807, 2.05) is 30.3 Å². The molecule has 1 aromatic carbocycles. The first-order valence-corrected chi connectivity index (χ1v) is 6.87. The van der Waals surface area contributed by atoms with Gasteiger partial charge in [0.25, 0.3) is 5.22 Å². The molecule has 0 saturated heterocycles. The average Bonchev–Trinajstić information content (AvgIpc) is 3.15. The van der Waals surface area contributed by atoms with Gasteiger partial charge in [-0.25, -0.2) is 0 Å². The number of benzene rings is 1. The van der Waals surface area contributed by atoms with Crippen molar-refractivity contribution in [1.82, 2.24) is 20.3 Å². The summed E-state index contributed by atoms with van der Waals surface area (Å²) in [6, 6.07) is 9.63. The monoisotopic (exact) mass is 289 g/mol. The van der Waals surface area contributed by atoms with Crippen LogP contribution >= 0.6 is 11.8 Å². The fraction of sp³-hybridized carbons (Fsp3) is 0.167. The van der Waals surface area contributed by atoms with Gasteiger partial charge in [0, 0.05) is 5.56 Å². The van der Waals surface area contributed by atoms with Crippen LogP contribution in [0.3, 0.4) is 0 Å². The highest BCUT2D eigenvalue weighted by molar-refractivity contribution is 7.98. The molecule has 20 heavy (non-hydrogen) atoms. The Labute approximate surface area is 118 Å². The molecule has 0 fully saturated rings. The lowest BCUT2D eigenvalue weighted by Gasteiger charge is -1.91. The van der Waals surface area contributed by atoms with E-state index >= 15 is 0 Å². The lowest BCUT2D eigenvalue weighted by Crippen LogP contribution is -1.95. The van der Waals surface area contributed by atoms with Crippen molar-refractivity contribution in [2.24, 2.45) is 5.73 Å². The van der Waals surface area contributed by atoms with Crippen LogP contribution in [0.1, 0.15) is 11.8 Å². The van der Waals surface area contributed by atoms with Crippen LogP contribution in [0.15, 0.2) is 44.5 Å². The Balaban J connectivity index is 1.65. The van der Waals surface area contributed by atoms with Crippen LogP contribution in [0.2, 0.25) is 0 Å². The summed E-state index contributed by atoms with van der Waals surface area (Å²) < 4.78 is 10.4. The highest BCUT2D eigenvalue weighted by Crippen LogP contribution is 2.22. The van der Waals surface area contributed by atoms with Crippen molar-refractivity contribution in [3.05, 3.63) is 42.1 Å². The predicted octanol–water partition coefficient (Wildman–Crippen LogP) is 1.87. The zero-order valence-corrected chi connectivity index (χ0v) is 11.2. The summed E-state index contributed by atoms with van der Waals surface area (Å²) in [5, 5.41) is 12.0. The summed E-state index contributed by atoms with van der Waals surface area (Å²) >= 11 is 1.33. The van der Waals surface area contributed by atoms with E-state index in [0.717, 1.165) is 5.56 Å². The van der Waals surface area contributed by atoms with Crippen molar-refractivity contribution in [1.29, 1.82) is 0 Å². The molecule has 0 radical (unpaired) electrons. The van der Waals surface area contributed by atoms with Gasteiger partial charge in [-0.3, -0.25) is 0 Å². The Morgan fingerprint density at radius 2 is 1.95 bits per heavy atom. The van der Waals surface area contributed by atoms with E-state index in [2.05, 4.69) is 20.3 Å². The lowest BCUT2D eigenvalue weighted by atomic mass is 10.2. The molecular formula is C12H11N5O2S. The van der Waals surface area contributed by atoms with Gasteiger partial charge in [-0.05, 0) is 0 Å². The zero-order valence-electron chi connectivity index (χ0n) is 10.4. The third-order valence-electron chi connectivity index (χ3n) is 2.44. The van der Waals surface area contributed by atoms with E-state index in [9.17, 15) is 0 Å². The van der Waals surface area contributed by atoms with Crippen LogP contribution in [0.25, 0.3) is 11.4 Å². The summed E-state index contributed by atoms with van der Waals surface area (Å²) in [4.78, 5) is 4.31. The molecule has 0 atom stereocenters. The van der Waals surface area contributed by atoms with Gasteiger partial charge in [0.2, 0.25) is 17.6 Å². The minimum Gasteiger partial charge on any atom is -0.415 e. The molecule has 2 N–H and O–H groups in total. The molecule has 3 aromatic rings. The van der Waals surface area contributed by atoms with Gasteiger partial charge in [-0.15, -0.1) is 10.2 Å².